The van der Waals surface area contributed by atoms with Gasteiger partial charge in [0.2, 0.25) is 0 Å². The summed E-state index contributed by atoms with van der Waals surface area (Å²) in [5, 5.41) is 5.45. The van der Waals surface area contributed by atoms with Crippen molar-refractivity contribution in [1.29, 1.82) is 0 Å². The van der Waals surface area contributed by atoms with Crippen LogP contribution in [0.1, 0.15) is 11.1 Å². The SMILES string of the molecule is NCc1cccc(Cn2nc(NS(=O)(=O)c3ccc(Cl)s3)c3c(Cl)cccc32)c1. The lowest BCUT2D eigenvalue weighted by atomic mass is 10.1. The number of fused-ring (bicyclic) bond motifs is 1. The zero-order valence-electron chi connectivity index (χ0n) is 15.0. The number of halogens is 2. The van der Waals surface area contributed by atoms with E-state index in [1.165, 1.54) is 12.1 Å². The van der Waals surface area contributed by atoms with Gasteiger partial charge >= 0.3 is 0 Å². The van der Waals surface area contributed by atoms with Gasteiger partial charge in [0.05, 0.1) is 26.8 Å². The van der Waals surface area contributed by atoms with Crippen LogP contribution in [0.25, 0.3) is 10.9 Å². The third-order valence-corrected chi connectivity index (χ3v) is 7.71. The van der Waals surface area contributed by atoms with Crippen LogP contribution in [0.4, 0.5) is 5.82 Å². The number of nitrogens with two attached hydrogens (primary N) is 1. The fourth-order valence-electron chi connectivity index (χ4n) is 3.03. The number of nitrogens with one attached hydrogen (secondary N) is 1. The minimum absolute atomic E-state index is 0.105. The Bertz CT molecular complexity index is 1300. The average Bonchev–Trinajstić information content (AvgIpc) is 3.27. The Balaban J connectivity index is 1.77. The number of benzene rings is 2. The van der Waals surface area contributed by atoms with Crippen molar-refractivity contribution in [3.05, 3.63) is 75.1 Å². The van der Waals surface area contributed by atoms with Crippen LogP contribution in [0.15, 0.2) is 58.8 Å². The van der Waals surface area contributed by atoms with E-state index >= 15 is 0 Å². The van der Waals surface area contributed by atoms with Gasteiger partial charge in [0.15, 0.2) is 5.82 Å². The summed E-state index contributed by atoms with van der Waals surface area (Å²) < 4.78 is 30.3. The maximum atomic E-state index is 12.8. The highest BCUT2D eigenvalue weighted by molar-refractivity contribution is 7.94. The molecule has 0 amide bonds. The lowest BCUT2D eigenvalue weighted by Gasteiger charge is -2.06. The molecule has 2 aromatic carbocycles. The second kappa shape index (κ2) is 7.97. The van der Waals surface area contributed by atoms with Crippen LogP contribution < -0.4 is 10.5 Å². The molecule has 0 aliphatic heterocycles. The van der Waals surface area contributed by atoms with Gasteiger partial charge in [-0.2, -0.15) is 5.10 Å². The summed E-state index contributed by atoms with van der Waals surface area (Å²) in [5.41, 5.74) is 8.45. The summed E-state index contributed by atoms with van der Waals surface area (Å²) in [5.74, 6) is 0.171. The van der Waals surface area contributed by atoms with Crippen molar-refractivity contribution in [2.45, 2.75) is 17.3 Å². The normalized spacial score (nSPS) is 11.8. The molecule has 0 radical (unpaired) electrons. The third kappa shape index (κ3) is 4.12. The summed E-state index contributed by atoms with van der Waals surface area (Å²) in [4.78, 5) is 0. The van der Waals surface area contributed by atoms with Gasteiger partial charge in [0, 0.05) is 6.54 Å². The zero-order valence-corrected chi connectivity index (χ0v) is 18.1. The summed E-state index contributed by atoms with van der Waals surface area (Å²) in [6, 6.07) is 16.2. The molecule has 0 spiro atoms. The van der Waals surface area contributed by atoms with Crippen molar-refractivity contribution < 1.29 is 8.42 Å². The second-order valence-electron chi connectivity index (χ2n) is 6.33. The molecule has 10 heteroatoms. The highest BCUT2D eigenvalue weighted by Gasteiger charge is 2.22. The third-order valence-electron chi connectivity index (χ3n) is 4.33. The predicted molar refractivity (Wildman–Crippen MR) is 118 cm³/mol. The first-order valence-electron chi connectivity index (χ1n) is 8.58. The maximum Gasteiger partial charge on any atom is 0.272 e. The molecule has 0 aliphatic carbocycles. The first-order chi connectivity index (χ1) is 13.9. The fourth-order valence-corrected chi connectivity index (χ4v) is 5.78. The van der Waals surface area contributed by atoms with Crippen LogP contribution in [-0.2, 0) is 23.1 Å². The highest BCUT2D eigenvalue weighted by Crippen LogP contribution is 2.33. The number of hydrogen-bond acceptors (Lipinski definition) is 5. The van der Waals surface area contributed by atoms with E-state index in [0.29, 0.717) is 27.8 Å². The Morgan fingerprint density at radius 2 is 1.83 bits per heavy atom. The number of nitrogens with zero attached hydrogens (tertiary/aromatic N) is 2. The molecule has 0 saturated heterocycles. The van der Waals surface area contributed by atoms with Crippen molar-refractivity contribution in [2.24, 2.45) is 5.73 Å². The van der Waals surface area contributed by atoms with Gasteiger partial charge in [-0.3, -0.25) is 9.40 Å². The molecule has 4 rings (SSSR count). The number of hydrogen-bond donors (Lipinski definition) is 2. The molecular formula is C19H16Cl2N4O2S2. The Morgan fingerprint density at radius 3 is 2.55 bits per heavy atom. The molecule has 3 N–H and O–H groups in total. The first-order valence-corrected chi connectivity index (χ1v) is 11.6. The average molecular weight is 467 g/mol. The molecule has 0 bridgehead atoms. The quantitative estimate of drug-likeness (QED) is 0.430. The summed E-state index contributed by atoms with van der Waals surface area (Å²) >= 11 is 13.2. The molecule has 0 fully saturated rings. The molecule has 6 nitrogen and oxygen atoms in total. The smallest absolute Gasteiger partial charge is 0.272 e. The second-order valence-corrected chi connectivity index (χ2v) is 10.4. The summed E-state index contributed by atoms with van der Waals surface area (Å²) in [7, 11) is -3.84. The first kappa shape index (κ1) is 20.2. The van der Waals surface area contributed by atoms with Crippen molar-refractivity contribution >= 4 is 61.3 Å². The molecular weight excluding hydrogens is 451 g/mol. The molecule has 0 unspecified atom stereocenters. The Hall–Kier alpha value is -2.10. The van der Waals surface area contributed by atoms with Crippen LogP contribution in [0.5, 0.6) is 0 Å². The Morgan fingerprint density at radius 1 is 1.07 bits per heavy atom. The van der Waals surface area contributed by atoms with Crippen LogP contribution in [0.2, 0.25) is 9.36 Å². The lowest BCUT2D eigenvalue weighted by Crippen LogP contribution is -2.12. The van der Waals surface area contributed by atoms with Crippen molar-refractivity contribution in [3.63, 3.8) is 0 Å². The van der Waals surface area contributed by atoms with E-state index in [2.05, 4.69) is 9.82 Å². The Labute approximate surface area is 181 Å². The van der Waals surface area contributed by atoms with Crippen LogP contribution in [0, 0.1) is 0 Å². The van der Waals surface area contributed by atoms with Gasteiger partial charge in [-0.25, -0.2) is 8.42 Å². The van der Waals surface area contributed by atoms with E-state index in [1.807, 2.05) is 30.3 Å². The van der Waals surface area contributed by atoms with E-state index in [0.717, 1.165) is 28.0 Å². The Kier molecular flexibility index (Phi) is 5.54. The van der Waals surface area contributed by atoms with E-state index in [-0.39, 0.29) is 10.0 Å². The number of aromatic nitrogens is 2. The number of rotatable bonds is 6. The van der Waals surface area contributed by atoms with Gasteiger partial charge < -0.3 is 5.73 Å². The number of anilines is 1. The van der Waals surface area contributed by atoms with Crippen LogP contribution >= 0.6 is 34.5 Å². The zero-order chi connectivity index (χ0) is 20.6. The number of thiophene rings is 1. The molecule has 150 valence electrons. The van der Waals surface area contributed by atoms with Gasteiger partial charge in [-0.05, 0) is 35.4 Å². The van der Waals surface area contributed by atoms with Crippen molar-refractivity contribution in [1.82, 2.24) is 9.78 Å². The molecule has 0 saturated carbocycles. The van der Waals surface area contributed by atoms with E-state index in [4.69, 9.17) is 28.9 Å². The summed E-state index contributed by atoms with van der Waals surface area (Å²) in [6.07, 6.45) is 0. The standard InChI is InChI=1S/C19H16Cl2N4O2S2/c20-14-5-2-6-15-18(14)19(24-29(26,27)17-8-7-16(21)28-17)23-25(15)11-13-4-1-3-12(9-13)10-22/h1-9H,10-11,22H2,(H,23,24). The predicted octanol–water partition coefficient (Wildman–Crippen LogP) is 4.71. The minimum Gasteiger partial charge on any atom is -0.326 e. The molecule has 29 heavy (non-hydrogen) atoms. The van der Waals surface area contributed by atoms with Crippen LogP contribution in [-0.4, -0.2) is 18.2 Å². The van der Waals surface area contributed by atoms with Crippen LogP contribution in [0.3, 0.4) is 0 Å². The molecule has 0 aliphatic rings. The van der Waals surface area contributed by atoms with Gasteiger partial charge in [-0.15, -0.1) is 11.3 Å². The monoisotopic (exact) mass is 466 g/mol. The highest BCUT2D eigenvalue weighted by atomic mass is 35.5. The van der Waals surface area contributed by atoms with E-state index in [9.17, 15) is 8.42 Å². The topological polar surface area (TPSA) is 90.0 Å². The van der Waals surface area contributed by atoms with Gasteiger partial charge in [0.25, 0.3) is 10.0 Å². The van der Waals surface area contributed by atoms with Gasteiger partial charge in [0.1, 0.15) is 4.21 Å². The largest absolute Gasteiger partial charge is 0.326 e. The molecule has 4 aromatic rings. The maximum absolute atomic E-state index is 12.8. The van der Waals surface area contributed by atoms with Crippen molar-refractivity contribution in [2.75, 3.05) is 4.72 Å². The minimum atomic E-state index is -3.84. The van der Waals surface area contributed by atoms with Gasteiger partial charge in [-0.1, -0.05) is 53.5 Å². The molecule has 2 aromatic heterocycles. The van der Waals surface area contributed by atoms with E-state index in [1.54, 1.807) is 16.8 Å². The molecule has 2 heterocycles. The summed E-state index contributed by atoms with van der Waals surface area (Å²) in [6.45, 7) is 0.880. The fraction of sp³-hybridized carbons (Fsp3) is 0.105. The molecule has 0 atom stereocenters. The number of sulfonamides is 1. The van der Waals surface area contributed by atoms with Crippen molar-refractivity contribution in [3.8, 4) is 0 Å². The van der Waals surface area contributed by atoms with E-state index < -0.39 is 10.0 Å². The lowest BCUT2D eigenvalue weighted by molar-refractivity contribution is 0.602.